The number of aromatic carboxylic acids is 1. The number of nitrogens with zero attached hydrogens (tertiary/aromatic N) is 2. The van der Waals surface area contributed by atoms with Crippen molar-refractivity contribution in [2.75, 3.05) is 14.2 Å². The van der Waals surface area contributed by atoms with E-state index in [4.69, 9.17) is 9.57 Å². The first-order chi connectivity index (χ1) is 15.0. The number of hydrogen-bond donors (Lipinski definition) is 1. The molecule has 1 N–H and O–H groups in total. The number of carboxylic acids is 1. The van der Waals surface area contributed by atoms with E-state index in [1.165, 1.54) is 16.6 Å². The van der Waals surface area contributed by atoms with Crippen LogP contribution >= 0.6 is 11.3 Å². The van der Waals surface area contributed by atoms with E-state index in [1.54, 1.807) is 31.6 Å². The van der Waals surface area contributed by atoms with Gasteiger partial charge in [0, 0.05) is 34.0 Å². The number of pyridine rings is 1. The fourth-order valence-corrected chi connectivity index (χ4v) is 5.55. The molecule has 2 aliphatic rings. The first-order valence-corrected chi connectivity index (χ1v) is 11.0. The Kier molecular flexibility index (Phi) is 4.81. The Balaban J connectivity index is 1.71. The van der Waals surface area contributed by atoms with Crippen LogP contribution in [0.15, 0.2) is 34.3 Å². The fourth-order valence-electron chi connectivity index (χ4n) is 4.35. The molecule has 0 atom stereocenters. The third-order valence-corrected chi connectivity index (χ3v) is 7.21. The maximum Gasteiger partial charge on any atom is 0.341 e. The quantitative estimate of drug-likeness (QED) is 0.601. The van der Waals surface area contributed by atoms with Crippen LogP contribution in [0.25, 0.3) is 21.3 Å². The maximum absolute atomic E-state index is 12.9. The zero-order valence-corrected chi connectivity index (χ0v) is 18.1. The van der Waals surface area contributed by atoms with Gasteiger partial charge in [-0.1, -0.05) is 5.16 Å². The number of carbonyl (C=O) groups is 1. The van der Waals surface area contributed by atoms with Gasteiger partial charge in [-0.2, -0.15) is 0 Å². The van der Waals surface area contributed by atoms with Crippen LogP contribution in [0.3, 0.4) is 0 Å². The van der Waals surface area contributed by atoms with Crippen LogP contribution < -0.4 is 10.2 Å². The highest BCUT2D eigenvalue weighted by Gasteiger charge is 2.29. The van der Waals surface area contributed by atoms with Crippen molar-refractivity contribution >= 4 is 33.9 Å². The zero-order chi connectivity index (χ0) is 21.7. The number of hydrogen-bond acceptors (Lipinski definition) is 6. The van der Waals surface area contributed by atoms with E-state index >= 15 is 0 Å². The summed E-state index contributed by atoms with van der Waals surface area (Å²) < 4.78 is 7.75. The van der Waals surface area contributed by atoms with E-state index < -0.39 is 11.4 Å². The van der Waals surface area contributed by atoms with Gasteiger partial charge in [0.2, 0.25) is 5.43 Å². The number of methoxy groups -OCH3 is 1. The monoisotopic (exact) mass is 438 g/mol. The summed E-state index contributed by atoms with van der Waals surface area (Å²) in [4.78, 5) is 31.8. The second-order valence-electron chi connectivity index (χ2n) is 7.93. The largest absolute Gasteiger partial charge is 0.494 e. The summed E-state index contributed by atoms with van der Waals surface area (Å²) in [5.41, 5.74) is 3.18. The summed E-state index contributed by atoms with van der Waals surface area (Å²) in [5, 5.41) is 14.0. The lowest BCUT2D eigenvalue weighted by Crippen LogP contribution is -2.19. The Bertz CT molecular complexity index is 1300. The summed E-state index contributed by atoms with van der Waals surface area (Å²) in [6.07, 6.45) is 5.97. The van der Waals surface area contributed by atoms with Crippen molar-refractivity contribution in [1.82, 2.24) is 4.57 Å². The van der Waals surface area contributed by atoms with Gasteiger partial charge < -0.3 is 19.2 Å². The molecule has 8 heteroatoms. The molecule has 0 spiro atoms. The molecule has 0 amide bonds. The molecule has 2 heterocycles. The van der Waals surface area contributed by atoms with Crippen LogP contribution in [0.1, 0.15) is 46.1 Å². The van der Waals surface area contributed by atoms with E-state index in [-0.39, 0.29) is 11.6 Å². The smallest absolute Gasteiger partial charge is 0.341 e. The Morgan fingerprint density at radius 3 is 2.74 bits per heavy atom. The highest BCUT2D eigenvalue weighted by Crippen LogP contribution is 2.45. The van der Waals surface area contributed by atoms with E-state index in [0.717, 1.165) is 48.3 Å². The van der Waals surface area contributed by atoms with Crippen molar-refractivity contribution in [3.05, 3.63) is 50.6 Å². The molecule has 31 heavy (non-hydrogen) atoms. The minimum atomic E-state index is -1.20. The first kappa shape index (κ1) is 19.8. The van der Waals surface area contributed by atoms with Crippen molar-refractivity contribution in [1.29, 1.82) is 0 Å². The molecule has 7 nitrogen and oxygen atoms in total. The minimum Gasteiger partial charge on any atom is -0.494 e. The average Bonchev–Trinajstić information content (AvgIpc) is 3.51. The van der Waals surface area contributed by atoms with Crippen molar-refractivity contribution < 1.29 is 19.5 Å². The Morgan fingerprint density at radius 1 is 1.26 bits per heavy atom. The molecule has 1 saturated carbocycles. The maximum atomic E-state index is 12.9. The average molecular weight is 439 g/mol. The number of benzene rings is 1. The second kappa shape index (κ2) is 7.53. The topological polar surface area (TPSA) is 90.1 Å². The van der Waals surface area contributed by atoms with Crippen LogP contribution in [0.4, 0.5) is 0 Å². The Morgan fingerprint density at radius 2 is 2.06 bits per heavy atom. The van der Waals surface area contributed by atoms with Crippen molar-refractivity contribution in [2.24, 2.45) is 5.16 Å². The lowest BCUT2D eigenvalue weighted by Gasteiger charge is -2.17. The number of rotatable bonds is 5. The predicted molar refractivity (Wildman–Crippen MR) is 120 cm³/mol. The van der Waals surface area contributed by atoms with Gasteiger partial charge in [0.1, 0.15) is 12.7 Å². The number of ether oxygens (including phenoxy) is 1. The SMILES string of the molecule is CO/N=C1/CCc2sc(-c3ccc4c(=O)c(C(=O)O)cn(C5CC5)c4c3OC)cc2C1. The molecule has 5 rings (SSSR count). The summed E-state index contributed by atoms with van der Waals surface area (Å²) in [6, 6.07) is 5.96. The number of oxime groups is 1. The summed E-state index contributed by atoms with van der Waals surface area (Å²) >= 11 is 1.73. The standard InChI is InChI=1S/C23H22N2O5S/c1-29-22-15(19-10-12-9-13(24-30-2)3-8-18(12)31-19)6-7-16-20(22)25(14-4-5-14)11-17(21(16)26)23(27)28/h6-7,10-11,14H,3-5,8-9H2,1-2H3,(H,27,28)/b24-13-. The number of aromatic nitrogens is 1. The van der Waals surface area contributed by atoms with Crippen molar-refractivity contribution in [2.45, 2.75) is 38.1 Å². The highest BCUT2D eigenvalue weighted by molar-refractivity contribution is 7.15. The zero-order valence-electron chi connectivity index (χ0n) is 17.3. The normalized spacial score (nSPS) is 17.0. The Hall–Kier alpha value is -3.13. The van der Waals surface area contributed by atoms with Gasteiger partial charge in [-0.05, 0) is 49.4 Å². The molecule has 0 aliphatic heterocycles. The summed E-state index contributed by atoms with van der Waals surface area (Å²) in [6.45, 7) is 0. The number of thiophene rings is 1. The predicted octanol–water partition coefficient (Wildman–Crippen LogP) is 4.26. The minimum absolute atomic E-state index is 0.190. The molecular formula is C23H22N2O5S. The molecular weight excluding hydrogens is 416 g/mol. The molecule has 3 aromatic rings. The second-order valence-corrected chi connectivity index (χ2v) is 9.07. The number of carboxylic acid groups (broad SMARTS) is 1. The third kappa shape index (κ3) is 3.31. The lowest BCUT2D eigenvalue weighted by atomic mass is 9.96. The van der Waals surface area contributed by atoms with E-state index in [0.29, 0.717) is 16.7 Å². The van der Waals surface area contributed by atoms with Gasteiger partial charge in [0.05, 0.1) is 23.7 Å². The summed E-state index contributed by atoms with van der Waals surface area (Å²) in [7, 11) is 3.17. The molecule has 2 aliphatic carbocycles. The molecule has 0 bridgehead atoms. The molecule has 0 unspecified atom stereocenters. The van der Waals surface area contributed by atoms with Crippen molar-refractivity contribution in [3.63, 3.8) is 0 Å². The molecule has 1 fully saturated rings. The Labute approximate surface area is 182 Å². The first-order valence-electron chi connectivity index (χ1n) is 10.2. The van der Waals surface area contributed by atoms with Gasteiger partial charge >= 0.3 is 5.97 Å². The molecule has 2 aromatic heterocycles. The van der Waals surface area contributed by atoms with Crippen LogP contribution in [0, 0.1) is 0 Å². The van der Waals surface area contributed by atoms with Crippen LogP contribution in [0.2, 0.25) is 0 Å². The third-order valence-electron chi connectivity index (χ3n) is 5.94. The highest BCUT2D eigenvalue weighted by atomic mass is 32.1. The van der Waals surface area contributed by atoms with Gasteiger partial charge in [0.15, 0.2) is 5.75 Å². The van der Waals surface area contributed by atoms with Crippen LogP contribution in [-0.4, -0.2) is 35.6 Å². The van der Waals surface area contributed by atoms with E-state index in [2.05, 4.69) is 11.2 Å². The molecule has 0 radical (unpaired) electrons. The van der Waals surface area contributed by atoms with Crippen LogP contribution in [-0.2, 0) is 17.7 Å². The molecule has 0 saturated heterocycles. The van der Waals surface area contributed by atoms with Gasteiger partial charge in [-0.25, -0.2) is 4.79 Å². The van der Waals surface area contributed by atoms with Gasteiger partial charge in [-0.15, -0.1) is 11.3 Å². The number of aryl methyl sites for hydroxylation is 1. The molecule has 1 aromatic carbocycles. The van der Waals surface area contributed by atoms with Crippen LogP contribution in [0.5, 0.6) is 5.75 Å². The van der Waals surface area contributed by atoms with E-state index in [1.807, 2.05) is 10.6 Å². The molecule has 160 valence electrons. The number of fused-ring (bicyclic) bond motifs is 2. The van der Waals surface area contributed by atoms with Gasteiger partial charge in [0.25, 0.3) is 0 Å². The summed E-state index contributed by atoms with van der Waals surface area (Å²) in [5.74, 6) is -0.591. The van der Waals surface area contributed by atoms with E-state index in [9.17, 15) is 14.7 Å². The van der Waals surface area contributed by atoms with Gasteiger partial charge in [-0.3, -0.25) is 4.79 Å². The van der Waals surface area contributed by atoms with Crippen molar-refractivity contribution in [3.8, 4) is 16.2 Å². The fraction of sp³-hybridized carbons (Fsp3) is 0.348. The lowest BCUT2D eigenvalue weighted by molar-refractivity contribution is 0.0695.